The molecule has 0 aliphatic carbocycles. The fourth-order valence-corrected chi connectivity index (χ4v) is 1.80. The van der Waals surface area contributed by atoms with Gasteiger partial charge in [-0.15, -0.1) is 0 Å². The first-order valence-corrected chi connectivity index (χ1v) is 5.61. The molecular formula is C11H11BrFN3. The number of benzene rings is 1. The first-order valence-electron chi connectivity index (χ1n) is 4.82. The van der Waals surface area contributed by atoms with Gasteiger partial charge in [-0.1, -0.05) is 12.1 Å². The lowest BCUT2D eigenvalue weighted by Crippen LogP contribution is -2.00. The van der Waals surface area contributed by atoms with Crippen LogP contribution < -0.4 is 5.32 Å². The Balaban J connectivity index is 2.07. The van der Waals surface area contributed by atoms with Crippen LogP contribution in [0, 0.1) is 5.82 Å². The molecule has 2 rings (SSSR count). The number of halogens is 2. The van der Waals surface area contributed by atoms with Crippen LogP contribution in [0.25, 0.3) is 0 Å². The summed E-state index contributed by atoms with van der Waals surface area (Å²) in [6, 6.07) is 4.99. The van der Waals surface area contributed by atoms with E-state index in [0.717, 1.165) is 11.3 Å². The summed E-state index contributed by atoms with van der Waals surface area (Å²) in [6.45, 7) is 0.560. The second-order valence-electron chi connectivity index (χ2n) is 3.47. The molecule has 0 aliphatic heterocycles. The van der Waals surface area contributed by atoms with E-state index in [1.54, 1.807) is 16.9 Å². The maximum absolute atomic E-state index is 13.2. The third kappa shape index (κ3) is 2.41. The molecule has 0 unspecified atom stereocenters. The minimum absolute atomic E-state index is 0.245. The third-order valence-corrected chi connectivity index (χ3v) is 3.11. The molecule has 0 amide bonds. The molecule has 84 valence electrons. The van der Waals surface area contributed by atoms with E-state index in [2.05, 4.69) is 26.3 Å². The van der Waals surface area contributed by atoms with Crippen molar-refractivity contribution in [3.05, 3.63) is 46.4 Å². The molecule has 0 aliphatic rings. The van der Waals surface area contributed by atoms with E-state index >= 15 is 0 Å². The van der Waals surface area contributed by atoms with Crippen molar-refractivity contribution >= 4 is 21.6 Å². The molecule has 2 aromatic rings. The van der Waals surface area contributed by atoms with Crippen LogP contribution in [0.1, 0.15) is 5.56 Å². The Morgan fingerprint density at radius 2 is 2.31 bits per heavy atom. The second-order valence-corrected chi connectivity index (χ2v) is 4.26. The van der Waals surface area contributed by atoms with Gasteiger partial charge < -0.3 is 5.32 Å². The van der Waals surface area contributed by atoms with E-state index in [0.29, 0.717) is 11.0 Å². The van der Waals surface area contributed by atoms with Gasteiger partial charge in [-0.25, -0.2) is 4.39 Å². The summed E-state index contributed by atoms with van der Waals surface area (Å²) >= 11 is 3.22. The molecule has 0 radical (unpaired) electrons. The van der Waals surface area contributed by atoms with Crippen molar-refractivity contribution in [1.82, 2.24) is 9.78 Å². The standard InChI is InChI=1S/C11H11BrFN3/c1-16-7-9(6-15-16)14-5-8-3-2-4-10(13)11(8)12/h2-4,6-7,14H,5H2,1H3. The van der Waals surface area contributed by atoms with Crippen LogP contribution in [0.3, 0.4) is 0 Å². The maximum atomic E-state index is 13.2. The van der Waals surface area contributed by atoms with Gasteiger partial charge in [0.05, 0.1) is 16.4 Å². The SMILES string of the molecule is Cn1cc(NCc2cccc(F)c2Br)cn1. The largest absolute Gasteiger partial charge is 0.378 e. The molecule has 3 nitrogen and oxygen atoms in total. The summed E-state index contributed by atoms with van der Waals surface area (Å²) in [5, 5.41) is 7.21. The Bertz CT molecular complexity index is 496. The highest BCUT2D eigenvalue weighted by molar-refractivity contribution is 9.10. The first-order chi connectivity index (χ1) is 7.66. The maximum Gasteiger partial charge on any atom is 0.137 e. The second kappa shape index (κ2) is 4.65. The number of aryl methyl sites for hydroxylation is 1. The summed E-state index contributed by atoms with van der Waals surface area (Å²) in [5.41, 5.74) is 1.79. The lowest BCUT2D eigenvalue weighted by Gasteiger charge is -2.06. The van der Waals surface area contributed by atoms with Crippen LogP contribution in [0.4, 0.5) is 10.1 Å². The average Bonchev–Trinajstić information content (AvgIpc) is 2.67. The molecule has 16 heavy (non-hydrogen) atoms. The van der Waals surface area contributed by atoms with Gasteiger partial charge in [0.15, 0.2) is 0 Å². The lowest BCUT2D eigenvalue weighted by molar-refractivity contribution is 0.618. The van der Waals surface area contributed by atoms with E-state index in [-0.39, 0.29) is 5.82 Å². The van der Waals surface area contributed by atoms with E-state index in [1.165, 1.54) is 6.07 Å². The van der Waals surface area contributed by atoms with Crippen LogP contribution in [0.15, 0.2) is 35.1 Å². The summed E-state index contributed by atoms with van der Waals surface area (Å²) in [7, 11) is 1.85. The molecule has 0 atom stereocenters. The lowest BCUT2D eigenvalue weighted by atomic mass is 10.2. The summed E-state index contributed by atoms with van der Waals surface area (Å²) < 4.78 is 15.4. The van der Waals surface area contributed by atoms with Crippen molar-refractivity contribution in [3.63, 3.8) is 0 Å². The quantitative estimate of drug-likeness (QED) is 0.939. The van der Waals surface area contributed by atoms with Gasteiger partial charge in [-0.05, 0) is 27.6 Å². The topological polar surface area (TPSA) is 29.9 Å². The van der Waals surface area contributed by atoms with Crippen molar-refractivity contribution < 1.29 is 4.39 Å². The van der Waals surface area contributed by atoms with E-state index in [9.17, 15) is 4.39 Å². The number of anilines is 1. The zero-order chi connectivity index (χ0) is 11.5. The molecule has 0 bridgehead atoms. The highest BCUT2D eigenvalue weighted by Crippen LogP contribution is 2.21. The van der Waals surface area contributed by atoms with Crippen LogP contribution in [-0.2, 0) is 13.6 Å². The summed E-state index contributed by atoms with van der Waals surface area (Å²) in [5.74, 6) is -0.245. The zero-order valence-electron chi connectivity index (χ0n) is 8.74. The van der Waals surface area contributed by atoms with Gasteiger partial charge in [0.25, 0.3) is 0 Å². The molecule has 1 heterocycles. The van der Waals surface area contributed by atoms with Crippen molar-refractivity contribution in [1.29, 1.82) is 0 Å². The number of rotatable bonds is 3. The zero-order valence-corrected chi connectivity index (χ0v) is 10.3. The molecule has 1 aromatic carbocycles. The van der Waals surface area contributed by atoms with Crippen molar-refractivity contribution in [2.75, 3.05) is 5.32 Å². The molecule has 5 heteroatoms. The Morgan fingerprint density at radius 3 is 3.00 bits per heavy atom. The smallest absolute Gasteiger partial charge is 0.137 e. The van der Waals surface area contributed by atoms with E-state index in [1.807, 2.05) is 19.3 Å². The van der Waals surface area contributed by atoms with Crippen LogP contribution in [0.5, 0.6) is 0 Å². The van der Waals surface area contributed by atoms with Crippen LogP contribution >= 0.6 is 15.9 Å². The minimum Gasteiger partial charge on any atom is -0.378 e. The molecular weight excluding hydrogens is 273 g/mol. The monoisotopic (exact) mass is 283 g/mol. The Hall–Kier alpha value is -1.36. The fourth-order valence-electron chi connectivity index (χ4n) is 1.39. The molecule has 0 spiro atoms. The number of aromatic nitrogens is 2. The van der Waals surface area contributed by atoms with Gasteiger partial charge in [0.2, 0.25) is 0 Å². The minimum atomic E-state index is -0.245. The fraction of sp³-hybridized carbons (Fsp3) is 0.182. The Morgan fingerprint density at radius 1 is 1.50 bits per heavy atom. The van der Waals surface area contributed by atoms with Gasteiger partial charge >= 0.3 is 0 Å². The van der Waals surface area contributed by atoms with Gasteiger partial charge in [0.1, 0.15) is 5.82 Å². The Labute approximate surface area is 101 Å². The van der Waals surface area contributed by atoms with Crippen molar-refractivity contribution in [3.8, 4) is 0 Å². The van der Waals surface area contributed by atoms with Crippen molar-refractivity contribution in [2.45, 2.75) is 6.54 Å². The third-order valence-electron chi connectivity index (χ3n) is 2.22. The van der Waals surface area contributed by atoms with Gasteiger partial charge in [-0.3, -0.25) is 4.68 Å². The van der Waals surface area contributed by atoms with Crippen molar-refractivity contribution in [2.24, 2.45) is 7.05 Å². The number of nitrogens with one attached hydrogen (secondary N) is 1. The Kier molecular flexibility index (Phi) is 3.24. The highest BCUT2D eigenvalue weighted by atomic mass is 79.9. The number of hydrogen-bond donors (Lipinski definition) is 1. The predicted molar refractivity (Wildman–Crippen MR) is 64.6 cm³/mol. The molecule has 0 fully saturated rings. The van der Waals surface area contributed by atoms with E-state index < -0.39 is 0 Å². The van der Waals surface area contributed by atoms with Gasteiger partial charge in [-0.2, -0.15) is 5.10 Å². The molecule has 1 N–H and O–H groups in total. The normalized spacial score (nSPS) is 10.4. The van der Waals surface area contributed by atoms with Crippen LogP contribution in [-0.4, -0.2) is 9.78 Å². The first kappa shape index (κ1) is 11.1. The predicted octanol–water partition coefficient (Wildman–Crippen LogP) is 2.93. The molecule has 0 saturated heterocycles. The molecule has 1 aromatic heterocycles. The average molecular weight is 284 g/mol. The summed E-state index contributed by atoms with van der Waals surface area (Å²) in [4.78, 5) is 0. The summed E-state index contributed by atoms with van der Waals surface area (Å²) in [6.07, 6.45) is 3.60. The van der Waals surface area contributed by atoms with Crippen LogP contribution in [0.2, 0.25) is 0 Å². The molecule has 0 saturated carbocycles. The van der Waals surface area contributed by atoms with Gasteiger partial charge in [0, 0.05) is 19.8 Å². The highest BCUT2D eigenvalue weighted by Gasteiger charge is 2.04. The number of hydrogen-bond acceptors (Lipinski definition) is 2. The van der Waals surface area contributed by atoms with E-state index in [4.69, 9.17) is 0 Å². The number of nitrogens with zero attached hydrogens (tertiary/aromatic N) is 2.